The highest BCUT2D eigenvalue weighted by atomic mass is 35.5. The molecule has 106 valence electrons. The molecule has 4 nitrogen and oxygen atoms in total. The first-order chi connectivity index (χ1) is 10.1. The Morgan fingerprint density at radius 3 is 2.71 bits per heavy atom. The molecule has 2 aromatic heterocycles. The average molecular weight is 317 g/mol. The summed E-state index contributed by atoms with van der Waals surface area (Å²) in [5.41, 5.74) is 5.16. The van der Waals surface area contributed by atoms with Crippen LogP contribution in [0.25, 0.3) is 10.2 Å². The first-order valence-electron chi connectivity index (χ1n) is 6.40. The third-order valence-corrected chi connectivity index (χ3v) is 4.59. The van der Waals surface area contributed by atoms with Gasteiger partial charge in [-0.25, -0.2) is 9.97 Å². The summed E-state index contributed by atoms with van der Waals surface area (Å²) in [5.74, 6) is 0.729. The van der Waals surface area contributed by atoms with E-state index in [1.54, 1.807) is 23.9 Å². The molecule has 0 saturated heterocycles. The molecule has 1 aromatic carbocycles. The van der Waals surface area contributed by atoms with Gasteiger partial charge in [-0.1, -0.05) is 23.7 Å². The number of hydrazone groups is 1. The van der Waals surface area contributed by atoms with Gasteiger partial charge in [-0.3, -0.25) is 5.43 Å². The van der Waals surface area contributed by atoms with Gasteiger partial charge in [0.05, 0.1) is 11.6 Å². The number of rotatable bonds is 3. The SMILES string of the molecule is Cc1sc2ncnc(N/N=C/c3ccc(Cl)cc3)c2c1C. The number of aryl methyl sites for hydroxylation is 2. The fraction of sp³-hybridized carbons (Fsp3) is 0.133. The summed E-state index contributed by atoms with van der Waals surface area (Å²) >= 11 is 7.52. The van der Waals surface area contributed by atoms with E-state index in [-0.39, 0.29) is 0 Å². The van der Waals surface area contributed by atoms with E-state index >= 15 is 0 Å². The van der Waals surface area contributed by atoms with Crippen LogP contribution in [0.3, 0.4) is 0 Å². The summed E-state index contributed by atoms with van der Waals surface area (Å²) < 4.78 is 0. The topological polar surface area (TPSA) is 50.2 Å². The van der Waals surface area contributed by atoms with E-state index < -0.39 is 0 Å². The van der Waals surface area contributed by atoms with Crippen LogP contribution in [0, 0.1) is 13.8 Å². The molecule has 0 aliphatic rings. The molecule has 1 N–H and O–H groups in total. The molecule has 0 aliphatic heterocycles. The van der Waals surface area contributed by atoms with Crippen LogP contribution in [0.15, 0.2) is 35.7 Å². The lowest BCUT2D eigenvalue weighted by Gasteiger charge is -2.01. The van der Waals surface area contributed by atoms with Gasteiger partial charge in [-0.15, -0.1) is 11.3 Å². The minimum absolute atomic E-state index is 0.710. The Morgan fingerprint density at radius 1 is 1.19 bits per heavy atom. The molecule has 0 atom stereocenters. The van der Waals surface area contributed by atoms with Crippen molar-refractivity contribution in [2.24, 2.45) is 5.10 Å². The molecule has 0 saturated carbocycles. The van der Waals surface area contributed by atoms with Gasteiger partial charge in [0.2, 0.25) is 0 Å². The summed E-state index contributed by atoms with van der Waals surface area (Å²) in [6.45, 7) is 4.16. The van der Waals surface area contributed by atoms with Crippen molar-refractivity contribution in [3.8, 4) is 0 Å². The molecule has 0 unspecified atom stereocenters. The van der Waals surface area contributed by atoms with Gasteiger partial charge in [0.15, 0.2) is 5.82 Å². The highest BCUT2D eigenvalue weighted by Gasteiger charge is 2.10. The van der Waals surface area contributed by atoms with Crippen LogP contribution in [0.2, 0.25) is 5.02 Å². The van der Waals surface area contributed by atoms with Crippen molar-refractivity contribution in [1.29, 1.82) is 0 Å². The predicted molar refractivity (Wildman–Crippen MR) is 89.6 cm³/mol. The zero-order chi connectivity index (χ0) is 14.8. The lowest BCUT2D eigenvalue weighted by molar-refractivity contribution is 1.19. The van der Waals surface area contributed by atoms with E-state index in [1.165, 1.54) is 10.4 Å². The highest BCUT2D eigenvalue weighted by molar-refractivity contribution is 7.18. The van der Waals surface area contributed by atoms with E-state index in [0.29, 0.717) is 5.02 Å². The fourth-order valence-corrected chi connectivity index (χ4v) is 3.11. The minimum atomic E-state index is 0.710. The van der Waals surface area contributed by atoms with Gasteiger partial charge in [0.25, 0.3) is 0 Å². The maximum atomic E-state index is 5.85. The monoisotopic (exact) mass is 316 g/mol. The summed E-state index contributed by atoms with van der Waals surface area (Å²) in [4.78, 5) is 10.8. The Balaban J connectivity index is 1.87. The number of nitrogens with one attached hydrogen (secondary N) is 1. The second-order valence-electron chi connectivity index (χ2n) is 4.61. The van der Waals surface area contributed by atoms with Crippen LogP contribution in [0.4, 0.5) is 5.82 Å². The first-order valence-corrected chi connectivity index (χ1v) is 7.60. The Kier molecular flexibility index (Phi) is 3.86. The Hall–Kier alpha value is -1.98. The molecule has 0 aliphatic carbocycles. The summed E-state index contributed by atoms with van der Waals surface area (Å²) in [7, 11) is 0. The number of thiophene rings is 1. The summed E-state index contributed by atoms with van der Waals surface area (Å²) in [6, 6.07) is 7.47. The number of anilines is 1. The van der Waals surface area contributed by atoms with Crippen LogP contribution >= 0.6 is 22.9 Å². The van der Waals surface area contributed by atoms with Gasteiger partial charge in [-0.05, 0) is 37.1 Å². The first kappa shape index (κ1) is 14.0. The smallest absolute Gasteiger partial charge is 0.158 e. The molecule has 2 heterocycles. The highest BCUT2D eigenvalue weighted by Crippen LogP contribution is 2.32. The van der Waals surface area contributed by atoms with Crippen molar-refractivity contribution in [1.82, 2.24) is 9.97 Å². The van der Waals surface area contributed by atoms with Crippen LogP contribution in [-0.2, 0) is 0 Å². The van der Waals surface area contributed by atoms with Gasteiger partial charge in [0.1, 0.15) is 11.2 Å². The van der Waals surface area contributed by atoms with E-state index in [2.05, 4.69) is 34.3 Å². The van der Waals surface area contributed by atoms with Crippen LogP contribution in [-0.4, -0.2) is 16.2 Å². The lowest BCUT2D eigenvalue weighted by atomic mass is 10.2. The third kappa shape index (κ3) is 2.89. The Morgan fingerprint density at radius 2 is 1.95 bits per heavy atom. The van der Waals surface area contributed by atoms with Crippen molar-refractivity contribution in [3.63, 3.8) is 0 Å². The summed E-state index contributed by atoms with van der Waals surface area (Å²) in [6.07, 6.45) is 3.29. The maximum Gasteiger partial charge on any atom is 0.158 e. The molecule has 0 spiro atoms. The van der Waals surface area contributed by atoms with Gasteiger partial charge in [0, 0.05) is 9.90 Å². The number of hydrogen-bond donors (Lipinski definition) is 1. The molecular weight excluding hydrogens is 304 g/mol. The fourth-order valence-electron chi connectivity index (χ4n) is 1.98. The van der Waals surface area contributed by atoms with E-state index in [0.717, 1.165) is 21.6 Å². The van der Waals surface area contributed by atoms with E-state index in [1.807, 2.05) is 24.3 Å². The van der Waals surface area contributed by atoms with Gasteiger partial charge in [-0.2, -0.15) is 5.10 Å². The third-order valence-electron chi connectivity index (χ3n) is 3.22. The quantitative estimate of drug-likeness (QED) is 0.575. The molecular formula is C15H13ClN4S. The number of aromatic nitrogens is 2. The van der Waals surface area contributed by atoms with Crippen LogP contribution in [0.1, 0.15) is 16.0 Å². The zero-order valence-corrected chi connectivity index (χ0v) is 13.2. The average Bonchev–Trinajstić information content (AvgIpc) is 2.77. The number of fused-ring (bicyclic) bond motifs is 1. The van der Waals surface area contributed by atoms with E-state index in [9.17, 15) is 0 Å². The van der Waals surface area contributed by atoms with Crippen molar-refractivity contribution >= 4 is 45.2 Å². The van der Waals surface area contributed by atoms with Crippen molar-refractivity contribution in [3.05, 3.63) is 51.6 Å². The second kappa shape index (κ2) is 5.79. The maximum absolute atomic E-state index is 5.85. The number of benzene rings is 1. The second-order valence-corrected chi connectivity index (χ2v) is 6.25. The summed E-state index contributed by atoms with van der Waals surface area (Å²) in [5, 5.41) is 5.98. The molecule has 0 amide bonds. The molecule has 3 rings (SSSR count). The lowest BCUT2D eigenvalue weighted by Crippen LogP contribution is -1.95. The standard InChI is InChI=1S/C15H13ClN4S/c1-9-10(2)21-15-13(9)14(17-8-18-15)20-19-7-11-3-5-12(16)6-4-11/h3-8H,1-2H3,(H,17,18,20)/b19-7+. The molecule has 0 radical (unpaired) electrons. The van der Waals surface area contributed by atoms with Gasteiger partial charge >= 0.3 is 0 Å². The van der Waals surface area contributed by atoms with E-state index in [4.69, 9.17) is 11.6 Å². The van der Waals surface area contributed by atoms with Crippen molar-refractivity contribution in [2.75, 3.05) is 5.43 Å². The van der Waals surface area contributed by atoms with Crippen LogP contribution < -0.4 is 5.43 Å². The molecule has 0 fully saturated rings. The Labute approximate surface area is 131 Å². The van der Waals surface area contributed by atoms with Crippen molar-refractivity contribution in [2.45, 2.75) is 13.8 Å². The van der Waals surface area contributed by atoms with Gasteiger partial charge < -0.3 is 0 Å². The largest absolute Gasteiger partial charge is 0.261 e. The van der Waals surface area contributed by atoms with Crippen molar-refractivity contribution < 1.29 is 0 Å². The molecule has 6 heteroatoms. The number of hydrogen-bond acceptors (Lipinski definition) is 5. The zero-order valence-electron chi connectivity index (χ0n) is 11.6. The van der Waals surface area contributed by atoms with Crippen LogP contribution in [0.5, 0.6) is 0 Å². The Bertz CT molecular complexity index is 808. The molecule has 0 bridgehead atoms. The molecule has 3 aromatic rings. The molecule has 21 heavy (non-hydrogen) atoms. The predicted octanol–water partition coefficient (Wildman–Crippen LogP) is 4.41. The minimum Gasteiger partial charge on any atom is -0.261 e. The number of halogens is 1. The number of nitrogens with zero attached hydrogens (tertiary/aromatic N) is 3. The normalized spacial score (nSPS) is 11.4.